The largest absolute Gasteiger partial charge is 0.480 e. The summed E-state index contributed by atoms with van der Waals surface area (Å²) in [5.74, 6) is -1.85. The minimum Gasteiger partial charge on any atom is -0.480 e. The first-order valence-electron chi connectivity index (χ1n) is 11.2. The molecule has 184 valence electrons. The quantitative estimate of drug-likeness (QED) is 0.307. The summed E-state index contributed by atoms with van der Waals surface area (Å²) in [6, 6.07) is 5.13. The SMILES string of the molecule is CSCCC(NC(=O)C1CCCN1C(=O)CNC(=O)C(N)Cc1c[nH]c2ccccc12)C(=O)O. The monoisotopic (exact) mass is 489 g/mol. The van der Waals surface area contributed by atoms with Crippen molar-refractivity contribution in [2.75, 3.05) is 25.1 Å². The highest BCUT2D eigenvalue weighted by Gasteiger charge is 2.35. The lowest BCUT2D eigenvalue weighted by atomic mass is 10.1. The fraction of sp³-hybridized carbons (Fsp3) is 0.478. The van der Waals surface area contributed by atoms with Crippen LogP contribution in [0.2, 0.25) is 0 Å². The molecule has 0 bridgehead atoms. The number of H-pyrrole nitrogens is 1. The van der Waals surface area contributed by atoms with Crippen LogP contribution in [0.15, 0.2) is 30.5 Å². The Balaban J connectivity index is 1.52. The van der Waals surface area contributed by atoms with Crippen LogP contribution < -0.4 is 16.4 Å². The minimum atomic E-state index is -1.10. The fourth-order valence-corrected chi connectivity index (χ4v) is 4.60. The van der Waals surface area contributed by atoms with Crippen LogP contribution in [0.5, 0.6) is 0 Å². The number of nitrogens with one attached hydrogen (secondary N) is 3. The van der Waals surface area contributed by atoms with E-state index in [1.807, 2.05) is 36.7 Å². The van der Waals surface area contributed by atoms with Crippen LogP contribution in [-0.2, 0) is 25.6 Å². The van der Waals surface area contributed by atoms with Crippen molar-refractivity contribution in [2.24, 2.45) is 5.73 Å². The molecule has 0 saturated carbocycles. The lowest BCUT2D eigenvalue weighted by Crippen LogP contribution is -2.53. The lowest BCUT2D eigenvalue weighted by molar-refractivity contribution is -0.144. The maximum Gasteiger partial charge on any atom is 0.326 e. The average molecular weight is 490 g/mol. The molecule has 3 amide bonds. The molecule has 3 rings (SSSR count). The Morgan fingerprint density at radius 1 is 1.29 bits per heavy atom. The van der Waals surface area contributed by atoms with E-state index in [1.165, 1.54) is 16.7 Å². The number of carboxylic acids is 1. The molecular weight excluding hydrogens is 458 g/mol. The van der Waals surface area contributed by atoms with Crippen molar-refractivity contribution in [3.63, 3.8) is 0 Å². The smallest absolute Gasteiger partial charge is 0.326 e. The second-order valence-corrected chi connectivity index (χ2v) is 9.30. The van der Waals surface area contributed by atoms with Crippen LogP contribution in [0.4, 0.5) is 0 Å². The third-order valence-electron chi connectivity index (χ3n) is 5.97. The summed E-state index contributed by atoms with van der Waals surface area (Å²) in [6.07, 6.45) is 5.36. The van der Waals surface area contributed by atoms with Gasteiger partial charge < -0.3 is 31.4 Å². The average Bonchev–Trinajstić information content (AvgIpc) is 3.47. The third kappa shape index (κ3) is 6.29. The predicted molar refractivity (Wildman–Crippen MR) is 130 cm³/mol. The van der Waals surface area contributed by atoms with E-state index in [-0.39, 0.29) is 6.54 Å². The molecule has 1 fully saturated rings. The number of thioether (sulfide) groups is 1. The molecule has 2 aromatic rings. The molecule has 1 aromatic carbocycles. The zero-order valence-corrected chi connectivity index (χ0v) is 19.9. The molecule has 0 spiro atoms. The summed E-state index contributed by atoms with van der Waals surface area (Å²) in [4.78, 5) is 53.9. The van der Waals surface area contributed by atoms with Gasteiger partial charge >= 0.3 is 5.97 Å². The number of para-hydroxylation sites is 1. The topological polar surface area (TPSA) is 158 Å². The van der Waals surface area contributed by atoms with E-state index in [0.29, 0.717) is 38.0 Å². The van der Waals surface area contributed by atoms with Crippen LogP contribution in [0, 0.1) is 0 Å². The van der Waals surface area contributed by atoms with Gasteiger partial charge in [0.05, 0.1) is 12.6 Å². The van der Waals surface area contributed by atoms with Gasteiger partial charge in [0.1, 0.15) is 12.1 Å². The van der Waals surface area contributed by atoms with Crippen molar-refractivity contribution in [3.05, 3.63) is 36.0 Å². The van der Waals surface area contributed by atoms with Gasteiger partial charge in [-0.15, -0.1) is 0 Å². The third-order valence-corrected chi connectivity index (χ3v) is 6.61. The van der Waals surface area contributed by atoms with Gasteiger partial charge in [0, 0.05) is 23.6 Å². The van der Waals surface area contributed by atoms with Crippen LogP contribution in [-0.4, -0.2) is 81.9 Å². The summed E-state index contributed by atoms with van der Waals surface area (Å²) < 4.78 is 0. The van der Waals surface area contributed by atoms with E-state index in [1.54, 1.807) is 0 Å². The molecule has 3 unspecified atom stereocenters. The summed E-state index contributed by atoms with van der Waals surface area (Å²) >= 11 is 1.49. The number of aliphatic carboxylic acids is 1. The van der Waals surface area contributed by atoms with Crippen molar-refractivity contribution < 1.29 is 24.3 Å². The highest BCUT2D eigenvalue weighted by atomic mass is 32.2. The first-order valence-corrected chi connectivity index (χ1v) is 12.6. The number of nitrogens with two attached hydrogens (primary N) is 1. The van der Waals surface area contributed by atoms with Crippen LogP contribution in [0.1, 0.15) is 24.8 Å². The van der Waals surface area contributed by atoms with Gasteiger partial charge in [0.15, 0.2) is 0 Å². The summed E-state index contributed by atoms with van der Waals surface area (Å²) in [5, 5.41) is 15.5. The summed E-state index contributed by atoms with van der Waals surface area (Å²) in [6.45, 7) is 0.0930. The molecule has 2 heterocycles. The lowest BCUT2D eigenvalue weighted by Gasteiger charge is -2.26. The molecule has 1 aliphatic heterocycles. The number of aromatic nitrogens is 1. The van der Waals surface area contributed by atoms with Crippen molar-refractivity contribution in [3.8, 4) is 0 Å². The van der Waals surface area contributed by atoms with Crippen LogP contribution in [0.25, 0.3) is 10.9 Å². The first-order chi connectivity index (χ1) is 16.3. The number of carbonyl (C=O) groups excluding carboxylic acids is 3. The number of likely N-dealkylation sites (tertiary alicyclic amines) is 1. The van der Waals surface area contributed by atoms with E-state index in [4.69, 9.17) is 5.73 Å². The Kier molecular flexibility index (Phi) is 8.94. The first kappa shape index (κ1) is 25.6. The number of carboxylic acid groups (broad SMARTS) is 1. The minimum absolute atomic E-state index is 0.279. The van der Waals surface area contributed by atoms with Gasteiger partial charge in [0.25, 0.3) is 0 Å². The molecule has 1 aromatic heterocycles. The second-order valence-electron chi connectivity index (χ2n) is 8.31. The van der Waals surface area contributed by atoms with Crippen LogP contribution >= 0.6 is 11.8 Å². The van der Waals surface area contributed by atoms with Crippen molar-refractivity contribution in [1.82, 2.24) is 20.5 Å². The van der Waals surface area contributed by atoms with Gasteiger partial charge in [-0.2, -0.15) is 11.8 Å². The zero-order chi connectivity index (χ0) is 24.7. The number of hydrogen-bond donors (Lipinski definition) is 5. The Labute approximate surface area is 202 Å². The van der Waals surface area contributed by atoms with Gasteiger partial charge in [-0.05, 0) is 49.3 Å². The Morgan fingerprint density at radius 3 is 2.79 bits per heavy atom. The van der Waals surface area contributed by atoms with Crippen molar-refractivity contribution in [2.45, 2.75) is 43.8 Å². The second kappa shape index (κ2) is 11.9. The van der Waals surface area contributed by atoms with Gasteiger partial charge in [-0.3, -0.25) is 14.4 Å². The zero-order valence-electron chi connectivity index (χ0n) is 19.1. The Bertz CT molecular complexity index is 1040. The number of amides is 3. The fourth-order valence-electron chi connectivity index (χ4n) is 4.12. The van der Waals surface area contributed by atoms with E-state index >= 15 is 0 Å². The van der Waals surface area contributed by atoms with E-state index < -0.39 is 41.8 Å². The molecule has 0 radical (unpaired) electrons. The number of rotatable bonds is 11. The van der Waals surface area contributed by atoms with Gasteiger partial charge in [0.2, 0.25) is 17.7 Å². The molecule has 10 nitrogen and oxygen atoms in total. The Hall–Kier alpha value is -3.05. The maximum absolute atomic E-state index is 12.7. The van der Waals surface area contributed by atoms with Crippen molar-refractivity contribution >= 4 is 46.4 Å². The molecule has 34 heavy (non-hydrogen) atoms. The predicted octanol–water partition coefficient (Wildman–Crippen LogP) is 0.467. The number of nitrogens with zero attached hydrogens (tertiary/aromatic N) is 1. The van der Waals surface area contributed by atoms with Gasteiger partial charge in [-0.25, -0.2) is 4.79 Å². The number of benzene rings is 1. The Morgan fingerprint density at radius 2 is 2.06 bits per heavy atom. The highest BCUT2D eigenvalue weighted by molar-refractivity contribution is 7.98. The number of hydrogen-bond acceptors (Lipinski definition) is 6. The number of carbonyl (C=O) groups is 4. The molecule has 3 atom stereocenters. The van der Waals surface area contributed by atoms with E-state index in [0.717, 1.165) is 16.5 Å². The van der Waals surface area contributed by atoms with Gasteiger partial charge in [-0.1, -0.05) is 18.2 Å². The standard InChI is InChI=1S/C23H31N5O5S/c1-34-10-8-18(23(32)33)27-22(31)19-7-4-9-28(19)20(29)13-26-21(30)16(24)11-14-12-25-17-6-3-2-5-15(14)17/h2-3,5-6,12,16,18-19,25H,4,7-11,13,24H2,1H3,(H,26,30)(H,27,31)(H,32,33). The molecule has 1 aliphatic rings. The number of aromatic amines is 1. The van der Waals surface area contributed by atoms with Crippen LogP contribution in [0.3, 0.4) is 0 Å². The molecule has 11 heteroatoms. The van der Waals surface area contributed by atoms with E-state index in [9.17, 15) is 24.3 Å². The summed E-state index contributed by atoms with van der Waals surface area (Å²) in [5.41, 5.74) is 7.93. The molecule has 1 saturated heterocycles. The van der Waals surface area contributed by atoms with Crippen molar-refractivity contribution in [1.29, 1.82) is 0 Å². The highest BCUT2D eigenvalue weighted by Crippen LogP contribution is 2.19. The normalized spacial score (nSPS) is 17.4. The molecular formula is C23H31N5O5S. The van der Waals surface area contributed by atoms with E-state index in [2.05, 4.69) is 15.6 Å². The molecule has 0 aliphatic carbocycles. The summed E-state index contributed by atoms with van der Waals surface area (Å²) in [7, 11) is 0. The molecule has 6 N–H and O–H groups in total. The maximum atomic E-state index is 12.7. The number of fused-ring (bicyclic) bond motifs is 1.